The van der Waals surface area contributed by atoms with Gasteiger partial charge in [0, 0.05) is 21.5 Å². The predicted molar refractivity (Wildman–Crippen MR) is 93.0 cm³/mol. The van der Waals surface area contributed by atoms with Crippen LogP contribution in [0.25, 0.3) is 10.9 Å². The summed E-state index contributed by atoms with van der Waals surface area (Å²) in [7, 11) is 0. The summed E-state index contributed by atoms with van der Waals surface area (Å²) in [5.74, 6) is 0. The van der Waals surface area contributed by atoms with Gasteiger partial charge >= 0.3 is 0 Å². The highest BCUT2D eigenvalue weighted by Crippen LogP contribution is 2.52. The summed E-state index contributed by atoms with van der Waals surface area (Å²) >= 11 is 6.13. The molecule has 0 aliphatic rings. The van der Waals surface area contributed by atoms with E-state index in [1.54, 1.807) is 0 Å². The van der Waals surface area contributed by atoms with Crippen LogP contribution in [0.5, 0.6) is 0 Å². The van der Waals surface area contributed by atoms with E-state index in [0.717, 1.165) is 21.6 Å². The van der Waals surface area contributed by atoms with E-state index in [1.165, 1.54) is 0 Å². The molecule has 21 heavy (non-hydrogen) atoms. The first kappa shape index (κ1) is 16.3. The molecule has 1 heterocycles. The second kappa shape index (κ2) is 4.98. The molecular formula is C19H26ClN. The Hall–Kier alpha value is -1.08. The number of aromatic nitrogens is 1. The van der Waals surface area contributed by atoms with Crippen molar-refractivity contribution in [2.24, 2.45) is 10.8 Å². The van der Waals surface area contributed by atoms with Crippen LogP contribution >= 0.6 is 11.6 Å². The van der Waals surface area contributed by atoms with E-state index in [9.17, 15) is 0 Å². The molecule has 0 fully saturated rings. The van der Waals surface area contributed by atoms with E-state index in [2.05, 4.69) is 60.6 Å². The number of nitrogens with zero attached hydrogens (tertiary/aromatic N) is 1. The number of benzene rings is 1. The van der Waals surface area contributed by atoms with Crippen molar-refractivity contribution in [3.63, 3.8) is 0 Å². The highest BCUT2D eigenvalue weighted by atomic mass is 35.5. The van der Waals surface area contributed by atoms with Crippen molar-refractivity contribution < 1.29 is 0 Å². The zero-order chi connectivity index (χ0) is 16.1. The Bertz CT molecular complexity index is 645. The molecule has 0 saturated heterocycles. The van der Waals surface area contributed by atoms with Gasteiger partial charge in [-0.1, -0.05) is 72.2 Å². The van der Waals surface area contributed by atoms with Gasteiger partial charge in [0.1, 0.15) is 0 Å². The molecule has 0 N–H and O–H groups in total. The Balaban J connectivity index is 2.72. The highest BCUT2D eigenvalue weighted by Gasteiger charge is 2.48. The fourth-order valence-electron chi connectivity index (χ4n) is 3.26. The lowest BCUT2D eigenvalue weighted by Gasteiger charge is -2.51. The standard InChI is InChI=1S/C19H26ClN/c1-17(2,3)19(7,18(4,5)6)16-11-9-13-8-10-14(20)12-15(13)21-16/h8-12H,1-7H3. The van der Waals surface area contributed by atoms with Gasteiger partial charge in [0.2, 0.25) is 0 Å². The number of fused-ring (bicyclic) bond motifs is 1. The van der Waals surface area contributed by atoms with Gasteiger partial charge in [-0.25, -0.2) is 0 Å². The van der Waals surface area contributed by atoms with E-state index < -0.39 is 0 Å². The van der Waals surface area contributed by atoms with Gasteiger partial charge in [0.05, 0.1) is 5.52 Å². The second-order valence-electron chi connectivity index (χ2n) is 8.16. The number of halogens is 1. The van der Waals surface area contributed by atoms with Crippen LogP contribution in [-0.2, 0) is 5.41 Å². The molecule has 0 atom stereocenters. The van der Waals surface area contributed by atoms with E-state index in [4.69, 9.17) is 16.6 Å². The summed E-state index contributed by atoms with van der Waals surface area (Å²) in [6.07, 6.45) is 0. The maximum Gasteiger partial charge on any atom is 0.0720 e. The molecule has 0 spiro atoms. The molecule has 1 nitrogen and oxygen atoms in total. The number of rotatable bonds is 1. The van der Waals surface area contributed by atoms with Gasteiger partial charge in [0.15, 0.2) is 0 Å². The molecule has 2 aromatic rings. The maximum absolute atomic E-state index is 6.13. The molecule has 0 saturated carbocycles. The average molecular weight is 304 g/mol. The summed E-state index contributed by atoms with van der Waals surface area (Å²) in [5.41, 5.74) is 2.27. The minimum absolute atomic E-state index is 0.0451. The number of hydrogen-bond acceptors (Lipinski definition) is 1. The third-order valence-electron chi connectivity index (χ3n) is 5.17. The van der Waals surface area contributed by atoms with Gasteiger partial charge < -0.3 is 0 Å². The van der Waals surface area contributed by atoms with Crippen molar-refractivity contribution >= 4 is 22.5 Å². The maximum atomic E-state index is 6.13. The molecule has 0 aliphatic heterocycles. The lowest BCUT2D eigenvalue weighted by Crippen LogP contribution is -2.48. The monoisotopic (exact) mass is 303 g/mol. The second-order valence-corrected chi connectivity index (χ2v) is 8.59. The Kier molecular flexibility index (Phi) is 3.87. The van der Waals surface area contributed by atoms with Crippen molar-refractivity contribution in [3.8, 4) is 0 Å². The topological polar surface area (TPSA) is 12.9 Å². The zero-order valence-electron chi connectivity index (χ0n) is 14.2. The molecule has 1 aromatic heterocycles. The third kappa shape index (κ3) is 2.68. The first-order valence-electron chi connectivity index (χ1n) is 7.53. The molecule has 0 unspecified atom stereocenters. The average Bonchev–Trinajstić information content (AvgIpc) is 2.34. The normalized spacial score (nSPS) is 13.7. The molecule has 0 aliphatic carbocycles. The van der Waals surface area contributed by atoms with E-state index in [1.807, 2.05) is 18.2 Å². The lowest BCUT2D eigenvalue weighted by molar-refractivity contribution is 0.0656. The molecule has 114 valence electrons. The Morgan fingerprint density at radius 1 is 0.810 bits per heavy atom. The molecule has 2 rings (SSSR count). The Labute approximate surface area is 133 Å². The third-order valence-corrected chi connectivity index (χ3v) is 5.40. The Morgan fingerprint density at radius 3 is 1.86 bits per heavy atom. The largest absolute Gasteiger partial charge is 0.252 e. The quantitative estimate of drug-likeness (QED) is 0.608. The predicted octanol–water partition coefficient (Wildman–Crippen LogP) is 6.24. The summed E-state index contributed by atoms with van der Waals surface area (Å²) in [5, 5.41) is 1.87. The van der Waals surface area contributed by atoms with E-state index in [0.29, 0.717) is 0 Å². The minimum atomic E-state index is -0.0451. The van der Waals surface area contributed by atoms with Gasteiger partial charge in [0.25, 0.3) is 0 Å². The highest BCUT2D eigenvalue weighted by molar-refractivity contribution is 6.31. The van der Waals surface area contributed by atoms with Crippen LogP contribution in [0.4, 0.5) is 0 Å². The SMILES string of the molecule is CC(C)(C)C(C)(c1ccc2ccc(Cl)cc2n1)C(C)(C)C. The van der Waals surface area contributed by atoms with Crippen LogP contribution in [0, 0.1) is 10.8 Å². The fraction of sp³-hybridized carbons (Fsp3) is 0.526. The lowest BCUT2D eigenvalue weighted by atomic mass is 9.53. The van der Waals surface area contributed by atoms with Gasteiger partial charge in [-0.15, -0.1) is 0 Å². The molecule has 0 bridgehead atoms. The van der Waals surface area contributed by atoms with Crippen molar-refractivity contribution in [1.29, 1.82) is 0 Å². The van der Waals surface area contributed by atoms with Crippen molar-refractivity contribution in [2.45, 2.75) is 53.9 Å². The Morgan fingerprint density at radius 2 is 1.33 bits per heavy atom. The van der Waals surface area contributed by atoms with E-state index in [-0.39, 0.29) is 16.2 Å². The first-order valence-corrected chi connectivity index (χ1v) is 7.91. The van der Waals surface area contributed by atoms with Crippen LogP contribution in [0.3, 0.4) is 0 Å². The van der Waals surface area contributed by atoms with Gasteiger partial charge in [-0.05, 0) is 29.0 Å². The number of hydrogen-bond donors (Lipinski definition) is 0. The number of pyridine rings is 1. The first-order chi connectivity index (χ1) is 9.47. The summed E-state index contributed by atoms with van der Waals surface area (Å²) < 4.78 is 0. The van der Waals surface area contributed by atoms with Crippen LogP contribution < -0.4 is 0 Å². The summed E-state index contributed by atoms with van der Waals surface area (Å²) in [6, 6.07) is 10.2. The smallest absolute Gasteiger partial charge is 0.0720 e. The molecule has 0 radical (unpaired) electrons. The molecule has 2 heteroatoms. The zero-order valence-corrected chi connectivity index (χ0v) is 15.0. The van der Waals surface area contributed by atoms with Crippen LogP contribution in [-0.4, -0.2) is 4.98 Å². The molecule has 1 aromatic carbocycles. The van der Waals surface area contributed by atoms with Crippen molar-refractivity contribution in [1.82, 2.24) is 4.98 Å². The van der Waals surface area contributed by atoms with Crippen LogP contribution in [0.15, 0.2) is 30.3 Å². The van der Waals surface area contributed by atoms with Gasteiger partial charge in [-0.2, -0.15) is 0 Å². The molecule has 0 amide bonds. The minimum Gasteiger partial charge on any atom is -0.252 e. The summed E-state index contributed by atoms with van der Waals surface area (Å²) in [4.78, 5) is 4.96. The van der Waals surface area contributed by atoms with Crippen molar-refractivity contribution in [3.05, 3.63) is 41.0 Å². The van der Waals surface area contributed by atoms with Crippen LogP contribution in [0.2, 0.25) is 5.02 Å². The van der Waals surface area contributed by atoms with Crippen LogP contribution in [0.1, 0.15) is 54.2 Å². The van der Waals surface area contributed by atoms with Gasteiger partial charge in [-0.3, -0.25) is 4.98 Å². The summed E-state index contributed by atoms with van der Waals surface area (Å²) in [6.45, 7) is 16.1. The molecular weight excluding hydrogens is 278 g/mol. The van der Waals surface area contributed by atoms with Crippen molar-refractivity contribution in [2.75, 3.05) is 0 Å². The fourth-order valence-corrected chi connectivity index (χ4v) is 3.43. The van der Waals surface area contributed by atoms with E-state index >= 15 is 0 Å².